The molecule has 0 heterocycles. The number of hydrogen-bond donors (Lipinski definition) is 0. The van der Waals surface area contributed by atoms with Crippen LogP contribution in [0.5, 0.6) is 17.2 Å². The van der Waals surface area contributed by atoms with Gasteiger partial charge in [0.25, 0.3) is 0 Å². The zero-order chi connectivity index (χ0) is 24.2. The van der Waals surface area contributed by atoms with Crippen molar-refractivity contribution in [2.75, 3.05) is 20.8 Å². The molecule has 0 radical (unpaired) electrons. The molecule has 0 aliphatic heterocycles. The molecular weight excluding hydrogens is 448 g/mol. The normalized spacial score (nSPS) is 17.9. The number of hydrogen-bond acceptors (Lipinski definition) is 3. The second kappa shape index (κ2) is 10.4. The van der Waals surface area contributed by atoms with Gasteiger partial charge in [-0.25, -0.2) is 8.78 Å². The molecule has 0 aromatic heterocycles. The molecule has 0 N–H and O–H groups in total. The fourth-order valence-corrected chi connectivity index (χ4v) is 4.50. The van der Waals surface area contributed by atoms with Crippen LogP contribution in [0.2, 0.25) is 0 Å². The highest BCUT2D eigenvalue weighted by Crippen LogP contribution is 2.39. The van der Waals surface area contributed by atoms with Crippen molar-refractivity contribution in [2.24, 2.45) is 5.92 Å². The Morgan fingerprint density at radius 1 is 0.676 bits per heavy atom. The van der Waals surface area contributed by atoms with Gasteiger partial charge in [0.1, 0.15) is 5.75 Å². The van der Waals surface area contributed by atoms with Crippen LogP contribution in [0.15, 0.2) is 48.5 Å². The maximum atomic E-state index is 15.0. The summed E-state index contributed by atoms with van der Waals surface area (Å²) < 4.78 is 73.2. The molecule has 0 unspecified atom stereocenters. The summed E-state index contributed by atoms with van der Waals surface area (Å²) in [7, 11) is 2.81. The van der Waals surface area contributed by atoms with Crippen LogP contribution in [-0.4, -0.2) is 20.8 Å². The molecule has 7 heteroatoms. The van der Waals surface area contributed by atoms with Crippen molar-refractivity contribution in [3.63, 3.8) is 0 Å². The van der Waals surface area contributed by atoms with E-state index < -0.39 is 23.3 Å². The van der Waals surface area contributed by atoms with E-state index in [-0.39, 0.29) is 35.5 Å². The van der Waals surface area contributed by atoms with E-state index in [9.17, 15) is 17.6 Å². The highest BCUT2D eigenvalue weighted by molar-refractivity contribution is 5.65. The molecule has 1 aliphatic rings. The summed E-state index contributed by atoms with van der Waals surface area (Å²) in [5.74, 6) is -3.53. The Hall–Kier alpha value is -3.22. The molecule has 3 aromatic carbocycles. The van der Waals surface area contributed by atoms with Crippen LogP contribution in [-0.2, 0) is 0 Å². The Morgan fingerprint density at radius 2 is 1.32 bits per heavy atom. The van der Waals surface area contributed by atoms with Crippen molar-refractivity contribution in [2.45, 2.75) is 31.6 Å². The summed E-state index contributed by atoms with van der Waals surface area (Å²) in [6.45, 7) is 0.225. The van der Waals surface area contributed by atoms with Gasteiger partial charge in [0.2, 0.25) is 11.6 Å². The molecule has 0 spiro atoms. The smallest absolute Gasteiger partial charge is 0.204 e. The largest absolute Gasteiger partial charge is 0.497 e. The lowest BCUT2D eigenvalue weighted by atomic mass is 9.78. The lowest BCUT2D eigenvalue weighted by Gasteiger charge is -2.29. The summed E-state index contributed by atoms with van der Waals surface area (Å²) in [5, 5.41) is 0. The Kier molecular flexibility index (Phi) is 7.29. The Bertz CT molecular complexity index is 1140. The summed E-state index contributed by atoms with van der Waals surface area (Å²) >= 11 is 0. The maximum absolute atomic E-state index is 15.0. The number of methoxy groups -OCH3 is 2. The predicted molar refractivity (Wildman–Crippen MR) is 121 cm³/mol. The van der Waals surface area contributed by atoms with Crippen LogP contribution >= 0.6 is 0 Å². The highest BCUT2D eigenvalue weighted by Gasteiger charge is 2.27. The van der Waals surface area contributed by atoms with Crippen LogP contribution in [0, 0.1) is 29.2 Å². The van der Waals surface area contributed by atoms with E-state index in [0.29, 0.717) is 42.6 Å². The minimum atomic E-state index is -1.08. The second-order valence-corrected chi connectivity index (χ2v) is 8.48. The SMILES string of the molecule is COc1ccc(-c2ccc(C3CCC(COc4ccc(OC)c(F)c4F)CC3)c(F)c2F)cc1. The maximum Gasteiger partial charge on any atom is 0.204 e. The fraction of sp³-hybridized carbons (Fsp3) is 0.333. The lowest BCUT2D eigenvalue weighted by molar-refractivity contribution is 0.191. The molecule has 0 bridgehead atoms. The van der Waals surface area contributed by atoms with Gasteiger partial charge in [-0.1, -0.05) is 24.3 Å². The highest BCUT2D eigenvalue weighted by atomic mass is 19.2. The number of halogens is 4. The van der Waals surface area contributed by atoms with E-state index in [1.165, 1.54) is 19.2 Å². The van der Waals surface area contributed by atoms with E-state index in [0.717, 1.165) is 0 Å². The molecule has 3 nitrogen and oxygen atoms in total. The third-order valence-electron chi connectivity index (χ3n) is 6.51. The minimum Gasteiger partial charge on any atom is -0.497 e. The minimum absolute atomic E-state index is 0.106. The Balaban J connectivity index is 1.38. The first kappa shape index (κ1) is 23.9. The number of ether oxygens (including phenoxy) is 3. The summed E-state index contributed by atoms with van der Waals surface area (Å²) in [6, 6.07) is 12.7. The molecule has 0 amide bonds. The van der Waals surface area contributed by atoms with Gasteiger partial charge in [0.05, 0.1) is 20.8 Å². The molecule has 4 rings (SSSR count). The van der Waals surface area contributed by atoms with E-state index in [2.05, 4.69) is 0 Å². The third-order valence-corrected chi connectivity index (χ3v) is 6.51. The van der Waals surface area contributed by atoms with Crippen LogP contribution < -0.4 is 14.2 Å². The summed E-state index contributed by atoms with van der Waals surface area (Å²) in [5.41, 5.74) is 1.16. The topological polar surface area (TPSA) is 27.7 Å². The third kappa shape index (κ3) is 4.83. The van der Waals surface area contributed by atoms with E-state index in [4.69, 9.17) is 14.2 Å². The van der Waals surface area contributed by atoms with Gasteiger partial charge in [0.15, 0.2) is 23.1 Å². The van der Waals surface area contributed by atoms with E-state index >= 15 is 0 Å². The van der Waals surface area contributed by atoms with Gasteiger partial charge in [-0.3, -0.25) is 0 Å². The van der Waals surface area contributed by atoms with Crippen LogP contribution in [0.3, 0.4) is 0 Å². The lowest BCUT2D eigenvalue weighted by Crippen LogP contribution is -2.20. The van der Waals surface area contributed by atoms with Crippen molar-refractivity contribution in [1.29, 1.82) is 0 Å². The molecule has 3 aromatic rings. The average Bonchev–Trinajstić information content (AvgIpc) is 2.87. The van der Waals surface area contributed by atoms with Crippen LogP contribution in [0.4, 0.5) is 17.6 Å². The van der Waals surface area contributed by atoms with E-state index in [1.54, 1.807) is 43.5 Å². The fourth-order valence-electron chi connectivity index (χ4n) is 4.50. The van der Waals surface area contributed by atoms with Crippen molar-refractivity contribution in [1.82, 2.24) is 0 Å². The van der Waals surface area contributed by atoms with Crippen molar-refractivity contribution >= 4 is 0 Å². The Labute approximate surface area is 196 Å². The molecular formula is C27H26F4O3. The van der Waals surface area contributed by atoms with Crippen molar-refractivity contribution in [3.8, 4) is 28.4 Å². The monoisotopic (exact) mass is 474 g/mol. The summed E-state index contributed by atoms with van der Waals surface area (Å²) in [6.07, 6.45) is 2.75. The van der Waals surface area contributed by atoms with Gasteiger partial charge >= 0.3 is 0 Å². The zero-order valence-corrected chi connectivity index (χ0v) is 19.0. The second-order valence-electron chi connectivity index (χ2n) is 8.48. The van der Waals surface area contributed by atoms with Crippen molar-refractivity contribution in [3.05, 3.63) is 77.4 Å². The first-order valence-electron chi connectivity index (χ1n) is 11.2. The Morgan fingerprint density at radius 3 is 1.97 bits per heavy atom. The van der Waals surface area contributed by atoms with Crippen LogP contribution in [0.1, 0.15) is 37.2 Å². The standard InChI is InChI=1S/C27H26F4O3/c1-32-19-9-7-18(8-10-19)21-12-11-20(24(28)25(21)29)17-5-3-16(4-6-17)15-34-23-14-13-22(33-2)26(30)27(23)31/h7-14,16-17H,3-6,15H2,1-2H3. The predicted octanol–water partition coefficient (Wildman–Crippen LogP) is 7.28. The molecule has 1 aliphatic carbocycles. The first-order chi connectivity index (χ1) is 16.4. The van der Waals surface area contributed by atoms with Gasteiger partial charge in [0, 0.05) is 5.56 Å². The summed E-state index contributed by atoms with van der Waals surface area (Å²) in [4.78, 5) is 0. The molecule has 1 saturated carbocycles. The number of rotatable bonds is 7. The first-order valence-corrected chi connectivity index (χ1v) is 11.2. The molecule has 180 valence electrons. The average molecular weight is 474 g/mol. The molecule has 34 heavy (non-hydrogen) atoms. The van der Waals surface area contributed by atoms with Gasteiger partial charge < -0.3 is 14.2 Å². The zero-order valence-electron chi connectivity index (χ0n) is 19.0. The van der Waals surface area contributed by atoms with Crippen LogP contribution in [0.25, 0.3) is 11.1 Å². The van der Waals surface area contributed by atoms with Gasteiger partial charge in [-0.05, 0) is 72.9 Å². The van der Waals surface area contributed by atoms with Crippen molar-refractivity contribution < 1.29 is 31.8 Å². The number of benzene rings is 3. The van der Waals surface area contributed by atoms with Gasteiger partial charge in [-0.2, -0.15) is 8.78 Å². The van der Waals surface area contributed by atoms with E-state index in [1.807, 2.05) is 0 Å². The molecule has 0 atom stereocenters. The quantitative estimate of drug-likeness (QED) is 0.337. The van der Waals surface area contributed by atoms with Gasteiger partial charge in [-0.15, -0.1) is 0 Å². The molecule has 1 fully saturated rings. The molecule has 0 saturated heterocycles.